The maximum absolute atomic E-state index is 12.6. The van der Waals surface area contributed by atoms with Crippen LogP contribution in [-0.4, -0.2) is 121 Å². The SMILES string of the molecule is COC(=O)C1CN(C(=O)OCC2c3ccccc3-c3ccccc32)CCN1.Cc1oc(-c2ccccc2)nc1CCOc1ccc(CN2CCN(C(=O)Oc3ccc(Cl)cc3)CC2C(=O)O)cc1. The number of nitrogens with zero attached hydrogens (tertiary/aromatic N) is 4. The quantitative estimate of drug-likeness (QED) is 0.113. The number of carbonyl (C=O) groups is 4. The average Bonchev–Trinajstić information content (AvgIpc) is 3.91. The van der Waals surface area contributed by atoms with E-state index in [1.165, 1.54) is 34.3 Å². The molecule has 2 amide bonds. The first-order valence-electron chi connectivity index (χ1n) is 22.4. The molecule has 2 atom stereocenters. The van der Waals surface area contributed by atoms with Crippen molar-refractivity contribution < 1.29 is 47.6 Å². The minimum atomic E-state index is -0.993. The van der Waals surface area contributed by atoms with Crippen molar-refractivity contribution in [2.24, 2.45) is 0 Å². The third-order valence-corrected chi connectivity index (χ3v) is 12.4. The minimum Gasteiger partial charge on any atom is -0.493 e. The molecule has 0 spiro atoms. The summed E-state index contributed by atoms with van der Waals surface area (Å²) in [6.07, 6.45) is -0.376. The normalized spacial score (nSPS) is 16.7. The number of piperazine rings is 2. The van der Waals surface area contributed by atoms with E-state index in [1.54, 1.807) is 29.2 Å². The fraction of sp³-hybridized carbons (Fsp3) is 0.288. The van der Waals surface area contributed by atoms with Gasteiger partial charge in [0.15, 0.2) is 0 Å². The Bertz CT molecular complexity index is 2650. The highest BCUT2D eigenvalue weighted by Gasteiger charge is 2.36. The number of benzene rings is 5. The Morgan fingerprint density at radius 3 is 2.10 bits per heavy atom. The van der Waals surface area contributed by atoms with E-state index >= 15 is 0 Å². The van der Waals surface area contributed by atoms with Gasteiger partial charge in [-0.05, 0) is 83.3 Å². The molecule has 0 radical (unpaired) electrons. The third kappa shape index (κ3) is 11.5. The number of methoxy groups -OCH3 is 1. The molecule has 15 nitrogen and oxygen atoms in total. The number of carboxylic acid groups (broad SMARTS) is 1. The Labute approximate surface area is 399 Å². The molecule has 5 aromatic carbocycles. The highest BCUT2D eigenvalue weighted by Crippen LogP contribution is 2.44. The lowest BCUT2D eigenvalue weighted by Crippen LogP contribution is -2.57. The Hall–Kier alpha value is -7.20. The van der Waals surface area contributed by atoms with Crippen LogP contribution in [0.2, 0.25) is 5.02 Å². The van der Waals surface area contributed by atoms with Crippen LogP contribution in [0.4, 0.5) is 9.59 Å². The van der Waals surface area contributed by atoms with E-state index in [2.05, 4.69) is 34.6 Å². The number of ether oxygens (including phenoxy) is 4. The van der Waals surface area contributed by atoms with Crippen LogP contribution in [-0.2, 0) is 32.0 Å². The summed E-state index contributed by atoms with van der Waals surface area (Å²) in [6, 6.07) is 38.9. The lowest BCUT2D eigenvalue weighted by molar-refractivity contribution is -0.146. The van der Waals surface area contributed by atoms with Crippen molar-refractivity contribution in [3.8, 4) is 34.1 Å². The Morgan fingerprint density at radius 2 is 1.43 bits per heavy atom. The number of hydrogen-bond acceptors (Lipinski definition) is 12. The van der Waals surface area contributed by atoms with Crippen molar-refractivity contribution in [1.29, 1.82) is 0 Å². The second kappa shape index (κ2) is 22.1. The van der Waals surface area contributed by atoms with E-state index < -0.39 is 30.2 Å². The molecule has 68 heavy (non-hydrogen) atoms. The molecule has 2 aliphatic heterocycles. The minimum absolute atomic E-state index is 0.0242. The predicted octanol–water partition coefficient (Wildman–Crippen LogP) is 8.08. The number of fused-ring (bicyclic) bond motifs is 3. The molecule has 1 aromatic heterocycles. The average molecular weight is 942 g/mol. The van der Waals surface area contributed by atoms with Crippen molar-refractivity contribution >= 4 is 35.7 Å². The van der Waals surface area contributed by atoms with Gasteiger partial charge in [-0.1, -0.05) is 90.5 Å². The molecule has 2 N–H and O–H groups in total. The summed E-state index contributed by atoms with van der Waals surface area (Å²) in [7, 11) is 1.34. The fourth-order valence-electron chi connectivity index (χ4n) is 8.53. The number of aliphatic carboxylic acids is 1. The van der Waals surface area contributed by atoms with Gasteiger partial charge in [-0.3, -0.25) is 14.5 Å². The number of aromatic nitrogens is 1. The molecule has 16 heteroatoms. The van der Waals surface area contributed by atoms with Crippen molar-refractivity contribution in [1.82, 2.24) is 25.0 Å². The van der Waals surface area contributed by atoms with E-state index in [0.29, 0.717) is 68.2 Å². The first-order chi connectivity index (χ1) is 33.0. The molecule has 2 fully saturated rings. The van der Waals surface area contributed by atoms with E-state index in [1.807, 2.05) is 90.7 Å². The Kier molecular flexibility index (Phi) is 15.3. The van der Waals surface area contributed by atoms with Crippen molar-refractivity contribution in [3.63, 3.8) is 0 Å². The Morgan fingerprint density at radius 1 is 0.779 bits per heavy atom. The Balaban J connectivity index is 0.000000200. The van der Waals surface area contributed by atoms with Gasteiger partial charge in [0, 0.05) is 55.6 Å². The van der Waals surface area contributed by atoms with Crippen molar-refractivity contribution in [2.45, 2.75) is 37.9 Å². The maximum atomic E-state index is 12.6. The standard InChI is InChI=1S/C31H30ClN3O6.C21H22N2O4/c1-21-27(33-29(40-21)23-5-3-2-4-6-23)15-18-39-25-11-7-22(8-12-25)19-34-16-17-35(20-28(34)30(36)37)31(38)41-26-13-9-24(32)10-14-26;1-26-20(24)19-12-23(11-10-22-19)21(25)27-13-18-16-8-4-2-6-14(16)15-7-3-5-9-17(15)18/h2-14,28H,15-20H2,1H3,(H,36,37);2-9,18-19,22H,10-13H2,1H3. The number of rotatable bonds is 12. The molecule has 352 valence electrons. The molecule has 2 saturated heterocycles. The molecule has 3 aliphatic rings. The van der Waals surface area contributed by atoms with Crippen LogP contribution in [0.25, 0.3) is 22.6 Å². The van der Waals surface area contributed by atoms with Crippen LogP contribution < -0.4 is 14.8 Å². The number of nitrogens with one attached hydrogen (secondary N) is 1. The van der Waals surface area contributed by atoms with Crippen molar-refractivity contribution in [2.75, 3.05) is 59.6 Å². The number of halogens is 1. The smallest absolute Gasteiger partial charge is 0.415 e. The number of esters is 1. The van der Waals surface area contributed by atoms with E-state index in [4.69, 9.17) is 35.0 Å². The van der Waals surface area contributed by atoms with E-state index in [9.17, 15) is 24.3 Å². The first kappa shape index (κ1) is 47.3. The molecule has 2 unspecified atom stereocenters. The summed E-state index contributed by atoms with van der Waals surface area (Å²) in [4.78, 5) is 58.4. The van der Waals surface area contributed by atoms with Crippen LogP contribution in [0, 0.1) is 6.92 Å². The lowest BCUT2D eigenvalue weighted by Gasteiger charge is -2.38. The van der Waals surface area contributed by atoms with Gasteiger partial charge in [-0.25, -0.2) is 14.6 Å². The first-order valence-corrected chi connectivity index (χ1v) is 22.8. The van der Waals surface area contributed by atoms with Gasteiger partial charge in [-0.2, -0.15) is 0 Å². The highest BCUT2D eigenvalue weighted by atomic mass is 35.5. The zero-order chi connectivity index (χ0) is 47.6. The zero-order valence-corrected chi connectivity index (χ0v) is 38.5. The van der Waals surface area contributed by atoms with Gasteiger partial charge in [0.05, 0.1) is 32.5 Å². The molecule has 0 bridgehead atoms. The summed E-state index contributed by atoms with van der Waals surface area (Å²) >= 11 is 5.88. The van der Waals surface area contributed by atoms with Crippen LogP contribution in [0.1, 0.15) is 34.1 Å². The van der Waals surface area contributed by atoms with Crippen LogP contribution in [0.5, 0.6) is 11.5 Å². The fourth-order valence-corrected chi connectivity index (χ4v) is 8.66. The van der Waals surface area contributed by atoms with E-state index in [0.717, 1.165) is 22.6 Å². The predicted molar refractivity (Wildman–Crippen MR) is 254 cm³/mol. The number of aryl methyl sites for hydroxylation is 1. The van der Waals surface area contributed by atoms with Gasteiger partial charge in [-0.15, -0.1) is 0 Å². The number of oxazole rings is 1. The molecule has 6 aromatic rings. The lowest BCUT2D eigenvalue weighted by atomic mass is 9.98. The number of carbonyl (C=O) groups excluding carboxylic acids is 3. The molecule has 0 saturated carbocycles. The maximum Gasteiger partial charge on any atom is 0.415 e. The van der Waals surface area contributed by atoms with Crippen LogP contribution in [0.15, 0.2) is 132 Å². The van der Waals surface area contributed by atoms with Crippen molar-refractivity contribution in [3.05, 3.63) is 161 Å². The van der Waals surface area contributed by atoms with Crippen LogP contribution in [0.3, 0.4) is 0 Å². The second-order valence-electron chi connectivity index (χ2n) is 16.5. The highest BCUT2D eigenvalue weighted by molar-refractivity contribution is 6.30. The summed E-state index contributed by atoms with van der Waals surface area (Å²) in [5.74, 6) is 1.10. The zero-order valence-electron chi connectivity index (χ0n) is 37.7. The molecular formula is C52H52ClN5O10. The number of carboxylic acids is 1. The van der Waals surface area contributed by atoms with Gasteiger partial charge in [0.25, 0.3) is 0 Å². The number of hydrogen-bond donors (Lipinski definition) is 2. The van der Waals surface area contributed by atoms with Gasteiger partial charge >= 0.3 is 24.1 Å². The summed E-state index contributed by atoms with van der Waals surface area (Å²) in [6.45, 7) is 5.11. The molecular weight excluding hydrogens is 890 g/mol. The molecule has 9 rings (SSSR count). The molecule has 3 heterocycles. The van der Waals surface area contributed by atoms with Gasteiger partial charge in [0.2, 0.25) is 5.89 Å². The monoisotopic (exact) mass is 941 g/mol. The van der Waals surface area contributed by atoms with Gasteiger partial charge < -0.3 is 43.6 Å². The topological polar surface area (TPSA) is 173 Å². The molecule has 1 aliphatic carbocycles. The summed E-state index contributed by atoms with van der Waals surface area (Å²) in [5, 5.41) is 13.4. The van der Waals surface area contributed by atoms with Crippen LogP contribution >= 0.6 is 11.6 Å². The second-order valence-corrected chi connectivity index (χ2v) is 16.9. The summed E-state index contributed by atoms with van der Waals surface area (Å²) < 4.78 is 27.5. The number of amides is 2. The van der Waals surface area contributed by atoms with E-state index in [-0.39, 0.29) is 31.6 Å². The largest absolute Gasteiger partial charge is 0.493 e. The summed E-state index contributed by atoms with van der Waals surface area (Å²) in [5.41, 5.74) is 7.49. The van der Waals surface area contributed by atoms with Gasteiger partial charge in [0.1, 0.15) is 35.9 Å². The third-order valence-electron chi connectivity index (χ3n) is 12.1.